The number of rotatable bonds is 7. The lowest BCUT2D eigenvalue weighted by Crippen LogP contribution is -2.42. The minimum Gasteiger partial charge on any atom is -0.504 e. The highest BCUT2D eigenvalue weighted by molar-refractivity contribution is 8.13. The van der Waals surface area contributed by atoms with Crippen molar-refractivity contribution in [2.45, 2.75) is 25.8 Å². The van der Waals surface area contributed by atoms with Crippen molar-refractivity contribution in [3.8, 4) is 11.5 Å². The quantitative estimate of drug-likeness (QED) is 0.548. The predicted molar refractivity (Wildman–Crippen MR) is 80.8 cm³/mol. The lowest BCUT2D eigenvalue weighted by atomic mass is 10.1. The molecule has 7 nitrogen and oxygen atoms in total. The van der Waals surface area contributed by atoms with Crippen LogP contribution in [0.15, 0.2) is 18.2 Å². The van der Waals surface area contributed by atoms with Crippen molar-refractivity contribution in [3.63, 3.8) is 0 Å². The number of benzene rings is 1. The second kappa shape index (κ2) is 8.28. The van der Waals surface area contributed by atoms with Crippen LogP contribution in [0.25, 0.3) is 0 Å². The van der Waals surface area contributed by atoms with E-state index in [1.807, 2.05) is 0 Å². The second-order valence-corrected chi connectivity index (χ2v) is 5.85. The normalized spacial score (nSPS) is 11.7. The van der Waals surface area contributed by atoms with Crippen LogP contribution < -0.4 is 5.32 Å². The molecule has 22 heavy (non-hydrogen) atoms. The molecule has 0 unspecified atom stereocenters. The third kappa shape index (κ3) is 6.04. The number of carboxylic acid groups (broad SMARTS) is 1. The molecule has 1 amide bonds. The summed E-state index contributed by atoms with van der Waals surface area (Å²) in [5.41, 5.74) is 0.459. The molecule has 0 fully saturated rings. The number of carboxylic acids is 1. The summed E-state index contributed by atoms with van der Waals surface area (Å²) in [4.78, 5) is 33.6. The summed E-state index contributed by atoms with van der Waals surface area (Å²) in [6.07, 6.45) is 0.00359. The monoisotopic (exact) mass is 327 g/mol. The van der Waals surface area contributed by atoms with Crippen LogP contribution in [0.5, 0.6) is 11.5 Å². The topological polar surface area (TPSA) is 124 Å². The maximum Gasteiger partial charge on any atom is 0.326 e. The molecule has 4 N–H and O–H groups in total. The summed E-state index contributed by atoms with van der Waals surface area (Å²) in [7, 11) is 0. The Morgan fingerprint density at radius 2 is 1.91 bits per heavy atom. The lowest BCUT2D eigenvalue weighted by molar-refractivity contribution is -0.141. The van der Waals surface area contributed by atoms with Crippen LogP contribution in [0, 0.1) is 0 Å². The van der Waals surface area contributed by atoms with Crippen molar-refractivity contribution in [2.24, 2.45) is 0 Å². The first-order chi connectivity index (χ1) is 10.3. The number of thioether (sulfide) groups is 1. The molecule has 8 heteroatoms. The SMILES string of the molecule is CC(=O)SCCC(=O)N[C@@H](Cc1ccc(O)c(O)c1)C(=O)O. The van der Waals surface area contributed by atoms with Gasteiger partial charge in [0.2, 0.25) is 5.91 Å². The maximum absolute atomic E-state index is 11.7. The molecule has 1 aromatic rings. The van der Waals surface area contributed by atoms with E-state index in [1.165, 1.54) is 25.1 Å². The van der Waals surface area contributed by atoms with Gasteiger partial charge in [0.25, 0.3) is 0 Å². The van der Waals surface area contributed by atoms with Crippen LogP contribution >= 0.6 is 11.8 Å². The van der Waals surface area contributed by atoms with Crippen molar-refractivity contribution in [1.29, 1.82) is 0 Å². The zero-order valence-electron chi connectivity index (χ0n) is 11.9. The van der Waals surface area contributed by atoms with Crippen LogP contribution in [0.4, 0.5) is 0 Å². The highest BCUT2D eigenvalue weighted by Gasteiger charge is 2.20. The van der Waals surface area contributed by atoms with E-state index in [9.17, 15) is 24.6 Å². The standard InChI is InChI=1S/C14H17NO6S/c1-8(16)22-5-4-13(19)15-10(14(20)21)6-9-2-3-11(17)12(18)7-9/h2-3,7,10,17-18H,4-6H2,1H3,(H,15,19)(H,20,21)/t10-/m0/s1. The Bertz CT molecular complexity index is 574. The molecular formula is C14H17NO6S. The summed E-state index contributed by atoms with van der Waals surface area (Å²) in [5.74, 6) is -2.05. The van der Waals surface area contributed by atoms with Crippen LogP contribution in [-0.2, 0) is 20.8 Å². The van der Waals surface area contributed by atoms with E-state index >= 15 is 0 Å². The Morgan fingerprint density at radius 3 is 2.45 bits per heavy atom. The third-order valence-electron chi connectivity index (χ3n) is 2.75. The zero-order chi connectivity index (χ0) is 16.7. The number of phenols is 2. The number of carbonyl (C=O) groups is 3. The summed E-state index contributed by atoms with van der Waals surface area (Å²) >= 11 is 0.995. The Labute approximate surface area is 131 Å². The van der Waals surface area contributed by atoms with Gasteiger partial charge in [-0.05, 0) is 17.7 Å². The van der Waals surface area contributed by atoms with Crippen molar-refractivity contribution in [2.75, 3.05) is 5.75 Å². The average molecular weight is 327 g/mol. The number of nitrogens with one attached hydrogen (secondary N) is 1. The first-order valence-electron chi connectivity index (χ1n) is 6.46. The Hall–Kier alpha value is -2.22. The fourth-order valence-corrected chi connectivity index (χ4v) is 2.26. The van der Waals surface area contributed by atoms with Crippen molar-refractivity contribution in [3.05, 3.63) is 23.8 Å². The smallest absolute Gasteiger partial charge is 0.326 e. The summed E-state index contributed by atoms with van der Waals surface area (Å²) in [6.45, 7) is 1.39. The molecule has 0 aliphatic rings. The van der Waals surface area contributed by atoms with Gasteiger partial charge in [0.05, 0.1) is 0 Å². The van der Waals surface area contributed by atoms with Crippen LogP contribution in [0.1, 0.15) is 18.9 Å². The number of phenolic OH excluding ortho intramolecular Hbond substituents is 2. The largest absolute Gasteiger partial charge is 0.504 e. The van der Waals surface area contributed by atoms with E-state index in [2.05, 4.69) is 5.32 Å². The second-order valence-electron chi connectivity index (χ2n) is 4.58. The number of hydrogen-bond donors (Lipinski definition) is 4. The molecule has 0 aromatic heterocycles. The molecular weight excluding hydrogens is 310 g/mol. The molecule has 0 saturated heterocycles. The molecule has 0 aliphatic carbocycles. The van der Waals surface area contributed by atoms with Crippen LogP contribution in [-0.4, -0.2) is 44.1 Å². The Kier molecular flexibility index (Phi) is 6.71. The van der Waals surface area contributed by atoms with Gasteiger partial charge in [-0.2, -0.15) is 0 Å². The molecule has 0 spiro atoms. The van der Waals surface area contributed by atoms with Gasteiger partial charge >= 0.3 is 5.97 Å². The number of carbonyl (C=O) groups excluding carboxylic acids is 2. The van der Waals surface area contributed by atoms with Gasteiger partial charge in [0, 0.05) is 25.5 Å². The number of aliphatic carboxylic acids is 1. The van der Waals surface area contributed by atoms with Gasteiger partial charge in [-0.15, -0.1) is 0 Å². The molecule has 0 heterocycles. The van der Waals surface area contributed by atoms with E-state index in [0.717, 1.165) is 11.8 Å². The minimum atomic E-state index is -1.21. The molecule has 1 atom stereocenters. The minimum absolute atomic E-state index is 0.0330. The van der Waals surface area contributed by atoms with Gasteiger partial charge in [-0.3, -0.25) is 9.59 Å². The van der Waals surface area contributed by atoms with Crippen LogP contribution in [0.3, 0.4) is 0 Å². The fraction of sp³-hybridized carbons (Fsp3) is 0.357. The molecule has 1 aromatic carbocycles. The number of aromatic hydroxyl groups is 2. The van der Waals surface area contributed by atoms with E-state index in [-0.39, 0.29) is 35.2 Å². The van der Waals surface area contributed by atoms with Gasteiger partial charge in [-0.1, -0.05) is 17.8 Å². The van der Waals surface area contributed by atoms with E-state index in [0.29, 0.717) is 5.56 Å². The molecule has 1 rings (SSSR count). The molecule has 0 bridgehead atoms. The molecule has 0 aliphatic heterocycles. The van der Waals surface area contributed by atoms with Crippen molar-refractivity contribution >= 4 is 28.8 Å². The van der Waals surface area contributed by atoms with Crippen molar-refractivity contribution in [1.82, 2.24) is 5.32 Å². The summed E-state index contributed by atoms with van der Waals surface area (Å²) in [5, 5.41) is 30.0. The summed E-state index contributed by atoms with van der Waals surface area (Å²) in [6, 6.07) is 2.79. The average Bonchev–Trinajstić information content (AvgIpc) is 2.41. The predicted octanol–water partition coefficient (Wildman–Crippen LogP) is 0.879. The van der Waals surface area contributed by atoms with Gasteiger partial charge in [-0.25, -0.2) is 4.79 Å². The maximum atomic E-state index is 11.7. The van der Waals surface area contributed by atoms with Gasteiger partial charge in [0.1, 0.15) is 6.04 Å². The highest BCUT2D eigenvalue weighted by atomic mass is 32.2. The van der Waals surface area contributed by atoms with Gasteiger partial charge in [0.15, 0.2) is 16.6 Å². The van der Waals surface area contributed by atoms with E-state index in [1.54, 1.807) is 0 Å². The Balaban J connectivity index is 2.61. The number of hydrogen-bond acceptors (Lipinski definition) is 6. The van der Waals surface area contributed by atoms with E-state index < -0.39 is 17.9 Å². The lowest BCUT2D eigenvalue weighted by Gasteiger charge is -2.15. The molecule has 0 radical (unpaired) electrons. The highest BCUT2D eigenvalue weighted by Crippen LogP contribution is 2.25. The number of amides is 1. The first kappa shape index (κ1) is 17.8. The summed E-state index contributed by atoms with van der Waals surface area (Å²) < 4.78 is 0. The first-order valence-corrected chi connectivity index (χ1v) is 7.44. The molecule has 120 valence electrons. The van der Waals surface area contributed by atoms with Gasteiger partial charge < -0.3 is 20.6 Å². The third-order valence-corrected chi connectivity index (χ3v) is 3.56. The Morgan fingerprint density at radius 1 is 1.23 bits per heavy atom. The van der Waals surface area contributed by atoms with Crippen LogP contribution in [0.2, 0.25) is 0 Å². The van der Waals surface area contributed by atoms with Crippen molar-refractivity contribution < 1.29 is 29.7 Å². The fourth-order valence-electron chi connectivity index (χ4n) is 1.69. The molecule has 0 saturated carbocycles. The zero-order valence-corrected chi connectivity index (χ0v) is 12.7. The van der Waals surface area contributed by atoms with E-state index in [4.69, 9.17) is 5.11 Å².